The fourth-order valence-corrected chi connectivity index (χ4v) is 5.67. The molecule has 214 valence electrons. The number of hydrogen-bond acceptors (Lipinski definition) is 6. The Bertz CT molecular complexity index is 1160. The van der Waals surface area contributed by atoms with Crippen molar-refractivity contribution in [1.29, 1.82) is 0 Å². The van der Waals surface area contributed by atoms with Gasteiger partial charge in [0.15, 0.2) is 0 Å². The first-order chi connectivity index (χ1) is 18.1. The molecule has 0 spiro atoms. The fourth-order valence-electron chi connectivity index (χ4n) is 5.43. The first kappa shape index (κ1) is 30.8. The third-order valence-electron chi connectivity index (χ3n) is 6.78. The summed E-state index contributed by atoms with van der Waals surface area (Å²) < 4.78 is 23.0. The summed E-state index contributed by atoms with van der Waals surface area (Å²) >= 11 is 6.17. The zero-order valence-electron chi connectivity index (χ0n) is 24.6. The molecule has 1 aliphatic rings. The minimum absolute atomic E-state index is 0.102. The van der Waals surface area contributed by atoms with Gasteiger partial charge in [-0.05, 0) is 66.3 Å². The number of hydrogen-bond donors (Lipinski definition) is 0. The van der Waals surface area contributed by atoms with E-state index >= 15 is 0 Å². The molecule has 2 aromatic rings. The van der Waals surface area contributed by atoms with E-state index in [9.17, 15) is 9.59 Å². The minimum Gasteiger partial charge on any atom is -0.493 e. The second kappa shape index (κ2) is 12.2. The van der Waals surface area contributed by atoms with Crippen molar-refractivity contribution in [3.63, 3.8) is 0 Å². The molecule has 6 nitrogen and oxygen atoms in total. The highest BCUT2D eigenvalue weighted by atomic mass is 35.5. The molecule has 0 aliphatic carbocycles. The zero-order chi connectivity index (χ0) is 29.0. The maximum atomic E-state index is 11.9. The van der Waals surface area contributed by atoms with Crippen LogP contribution in [0.3, 0.4) is 0 Å². The highest BCUT2D eigenvalue weighted by Gasteiger charge is 2.36. The zero-order valence-corrected chi connectivity index (χ0v) is 25.4. The molecule has 0 amide bonds. The van der Waals surface area contributed by atoms with Crippen molar-refractivity contribution >= 4 is 23.5 Å². The quantitative estimate of drug-likeness (QED) is 0.177. The fraction of sp³-hybridized carbons (Fsp3) is 0.562. The van der Waals surface area contributed by atoms with Crippen molar-refractivity contribution in [1.82, 2.24) is 0 Å². The van der Waals surface area contributed by atoms with Crippen LogP contribution in [0.1, 0.15) is 78.5 Å². The van der Waals surface area contributed by atoms with Crippen molar-refractivity contribution in [3.8, 4) is 17.2 Å². The number of alkyl halides is 1. The third-order valence-corrected chi connectivity index (χ3v) is 7.11. The van der Waals surface area contributed by atoms with Crippen molar-refractivity contribution in [2.24, 2.45) is 10.8 Å². The van der Waals surface area contributed by atoms with E-state index in [4.69, 9.17) is 30.5 Å². The van der Waals surface area contributed by atoms with Crippen LogP contribution in [-0.4, -0.2) is 37.1 Å². The molecule has 2 aromatic carbocycles. The van der Waals surface area contributed by atoms with E-state index in [1.165, 1.54) is 6.92 Å². The van der Waals surface area contributed by atoms with E-state index in [-0.39, 0.29) is 22.2 Å². The Kier molecular flexibility index (Phi) is 9.64. The first-order valence-electron chi connectivity index (χ1n) is 13.6. The summed E-state index contributed by atoms with van der Waals surface area (Å²) in [7, 11) is 0. The lowest BCUT2D eigenvalue weighted by Crippen LogP contribution is -2.37. The molecular formula is C32H43ClO6. The standard InChI is InChI=1S/C32H43ClO6/c1-9-36-29(35)26(33)14-22-10-12-24(13-11-22)37-19-32(8)17-23-15-25(31(6,7)18-30(3,4)5)28(39-21(2)34)16-27(23)38-20-32/h10-13,15-16,26H,9,14,17-20H2,1-8H3. The Labute approximate surface area is 238 Å². The van der Waals surface area contributed by atoms with Crippen LogP contribution < -0.4 is 14.2 Å². The van der Waals surface area contributed by atoms with E-state index in [1.807, 2.05) is 30.3 Å². The molecule has 2 unspecified atom stereocenters. The predicted molar refractivity (Wildman–Crippen MR) is 154 cm³/mol. The summed E-state index contributed by atoms with van der Waals surface area (Å²) in [6.07, 6.45) is 2.09. The molecule has 1 aliphatic heterocycles. The monoisotopic (exact) mass is 558 g/mol. The van der Waals surface area contributed by atoms with E-state index in [0.717, 1.165) is 41.0 Å². The summed E-state index contributed by atoms with van der Waals surface area (Å²) in [5.41, 5.74) is 2.68. The molecule has 39 heavy (non-hydrogen) atoms. The molecule has 2 atom stereocenters. The minimum atomic E-state index is -0.713. The molecule has 0 fully saturated rings. The Hall–Kier alpha value is -2.73. The second-order valence-corrected chi connectivity index (χ2v) is 13.3. The molecular weight excluding hydrogens is 516 g/mol. The smallest absolute Gasteiger partial charge is 0.324 e. The lowest BCUT2D eigenvalue weighted by atomic mass is 9.71. The van der Waals surface area contributed by atoms with Crippen LogP contribution in [0.5, 0.6) is 17.2 Å². The van der Waals surface area contributed by atoms with E-state index in [1.54, 1.807) is 6.92 Å². The molecule has 1 heterocycles. The summed E-state index contributed by atoms with van der Waals surface area (Å²) in [6, 6.07) is 11.6. The van der Waals surface area contributed by atoms with Gasteiger partial charge in [-0.15, -0.1) is 11.6 Å². The van der Waals surface area contributed by atoms with E-state index < -0.39 is 11.3 Å². The van der Waals surface area contributed by atoms with Gasteiger partial charge in [0.2, 0.25) is 0 Å². The molecule has 0 radical (unpaired) electrons. The molecule has 0 aromatic heterocycles. The van der Waals surface area contributed by atoms with Gasteiger partial charge < -0.3 is 18.9 Å². The average Bonchev–Trinajstić information content (AvgIpc) is 2.82. The maximum absolute atomic E-state index is 11.9. The second-order valence-electron chi connectivity index (χ2n) is 12.8. The average molecular weight is 559 g/mol. The summed E-state index contributed by atoms with van der Waals surface area (Å²) in [5.74, 6) is 1.31. The third kappa shape index (κ3) is 8.63. The number of halogens is 1. The first-order valence-corrected chi connectivity index (χ1v) is 14.1. The Balaban J connectivity index is 1.74. The normalized spacial score (nSPS) is 18.0. The van der Waals surface area contributed by atoms with Crippen LogP contribution in [0, 0.1) is 10.8 Å². The van der Waals surface area contributed by atoms with Crippen molar-refractivity contribution in [2.75, 3.05) is 19.8 Å². The van der Waals surface area contributed by atoms with Gasteiger partial charge in [-0.3, -0.25) is 9.59 Å². The van der Waals surface area contributed by atoms with Crippen molar-refractivity contribution in [2.45, 2.75) is 85.4 Å². The number of carbonyl (C=O) groups is 2. The number of esters is 2. The van der Waals surface area contributed by atoms with Gasteiger partial charge in [0.25, 0.3) is 0 Å². The van der Waals surface area contributed by atoms with E-state index in [2.05, 4.69) is 47.6 Å². The summed E-state index contributed by atoms with van der Waals surface area (Å²) in [4.78, 5) is 23.7. The van der Waals surface area contributed by atoms with Gasteiger partial charge in [0.1, 0.15) is 22.6 Å². The number of benzene rings is 2. The van der Waals surface area contributed by atoms with Gasteiger partial charge >= 0.3 is 11.9 Å². The van der Waals surface area contributed by atoms with Gasteiger partial charge in [-0.1, -0.05) is 53.7 Å². The summed E-state index contributed by atoms with van der Waals surface area (Å²) in [5, 5.41) is -0.713. The molecule has 0 bridgehead atoms. The van der Waals surface area contributed by atoms with Crippen LogP contribution in [0.4, 0.5) is 0 Å². The summed E-state index contributed by atoms with van der Waals surface area (Å²) in [6.45, 7) is 17.7. The van der Waals surface area contributed by atoms with Crippen LogP contribution in [-0.2, 0) is 32.6 Å². The van der Waals surface area contributed by atoms with Crippen molar-refractivity contribution < 1.29 is 28.5 Å². The van der Waals surface area contributed by atoms with Crippen LogP contribution >= 0.6 is 11.6 Å². The molecule has 0 N–H and O–H groups in total. The van der Waals surface area contributed by atoms with Gasteiger partial charge in [0.05, 0.1) is 19.8 Å². The lowest BCUT2D eigenvalue weighted by molar-refractivity contribution is -0.142. The topological polar surface area (TPSA) is 71.1 Å². The largest absolute Gasteiger partial charge is 0.493 e. The van der Waals surface area contributed by atoms with Gasteiger partial charge in [-0.2, -0.15) is 0 Å². The predicted octanol–water partition coefficient (Wildman–Crippen LogP) is 7.06. The molecule has 3 rings (SSSR count). The van der Waals surface area contributed by atoms with Gasteiger partial charge in [-0.25, -0.2) is 0 Å². The SMILES string of the molecule is CCOC(=O)C(Cl)Cc1ccc(OCC2(C)COc3cc(OC(C)=O)c(C(C)(C)CC(C)(C)C)cc3C2)cc1. The lowest BCUT2D eigenvalue weighted by Gasteiger charge is -2.38. The van der Waals surface area contributed by atoms with Gasteiger partial charge in [0, 0.05) is 24.0 Å². The highest BCUT2D eigenvalue weighted by Crippen LogP contribution is 2.45. The van der Waals surface area contributed by atoms with Crippen LogP contribution in [0.2, 0.25) is 0 Å². The molecule has 7 heteroatoms. The number of rotatable bonds is 10. The Morgan fingerprint density at radius 2 is 1.77 bits per heavy atom. The number of carbonyl (C=O) groups excluding carboxylic acids is 2. The molecule has 0 saturated carbocycles. The van der Waals surface area contributed by atoms with Crippen LogP contribution in [0.25, 0.3) is 0 Å². The van der Waals surface area contributed by atoms with Crippen molar-refractivity contribution in [3.05, 3.63) is 53.1 Å². The number of fused-ring (bicyclic) bond motifs is 1. The number of ether oxygens (including phenoxy) is 4. The highest BCUT2D eigenvalue weighted by molar-refractivity contribution is 6.30. The maximum Gasteiger partial charge on any atom is 0.324 e. The molecule has 0 saturated heterocycles. The van der Waals surface area contributed by atoms with Crippen LogP contribution in [0.15, 0.2) is 36.4 Å². The Morgan fingerprint density at radius 3 is 2.36 bits per heavy atom. The van der Waals surface area contributed by atoms with E-state index in [0.29, 0.717) is 32.0 Å². The Morgan fingerprint density at radius 1 is 1.10 bits per heavy atom.